The summed E-state index contributed by atoms with van der Waals surface area (Å²) in [5.41, 5.74) is 7.85. The molecule has 0 bridgehead atoms. The summed E-state index contributed by atoms with van der Waals surface area (Å²) in [6.07, 6.45) is 3.65. The summed E-state index contributed by atoms with van der Waals surface area (Å²) in [5, 5.41) is 3.97. The summed E-state index contributed by atoms with van der Waals surface area (Å²) in [7, 11) is 0. The van der Waals surface area contributed by atoms with Gasteiger partial charge in [0, 0.05) is 12.6 Å². The van der Waals surface area contributed by atoms with Crippen LogP contribution in [0.2, 0.25) is 0 Å². The quantitative estimate of drug-likeness (QED) is 0.900. The Morgan fingerprint density at radius 3 is 2.67 bits per heavy atom. The second-order valence-electron chi connectivity index (χ2n) is 5.54. The summed E-state index contributed by atoms with van der Waals surface area (Å²) >= 11 is 0. The van der Waals surface area contributed by atoms with E-state index in [1.807, 2.05) is 4.90 Å². The molecule has 6 heteroatoms. The van der Waals surface area contributed by atoms with Gasteiger partial charge in [0.15, 0.2) is 0 Å². The van der Waals surface area contributed by atoms with Gasteiger partial charge < -0.3 is 10.6 Å². The molecule has 110 valence electrons. The molecule has 0 atom stereocenters. The maximum atomic E-state index is 12.5. The lowest BCUT2D eigenvalue weighted by atomic mass is 10.1. The first-order valence-corrected chi connectivity index (χ1v) is 7.12. The molecule has 1 aromatic carbocycles. The summed E-state index contributed by atoms with van der Waals surface area (Å²) in [6, 6.07) is 8.66. The van der Waals surface area contributed by atoms with Crippen molar-refractivity contribution >= 4 is 11.9 Å². The van der Waals surface area contributed by atoms with Gasteiger partial charge in [-0.2, -0.15) is 0 Å². The standard InChI is InChI=1S/C15H19N5O/c1-11-2-4-12(5-3-11)8-20(13-6-7-13)14(21)9-19-10-17-15(16)18-19/h2-5,10,13H,6-9H2,1H3,(H2,16,18). The van der Waals surface area contributed by atoms with Gasteiger partial charge in [-0.25, -0.2) is 9.67 Å². The Bertz CT molecular complexity index is 630. The van der Waals surface area contributed by atoms with E-state index >= 15 is 0 Å². The van der Waals surface area contributed by atoms with Crippen LogP contribution in [0.5, 0.6) is 0 Å². The monoisotopic (exact) mass is 285 g/mol. The molecule has 1 amide bonds. The molecular weight excluding hydrogens is 266 g/mol. The van der Waals surface area contributed by atoms with Gasteiger partial charge in [0.05, 0.1) is 0 Å². The predicted octanol–water partition coefficient (Wildman–Crippen LogP) is 1.36. The minimum Gasteiger partial charge on any atom is -0.367 e. The Hall–Kier alpha value is -2.37. The molecule has 21 heavy (non-hydrogen) atoms. The van der Waals surface area contributed by atoms with Crippen LogP contribution >= 0.6 is 0 Å². The SMILES string of the molecule is Cc1ccc(CN(C(=O)Cn2cnc(N)n2)C2CC2)cc1. The van der Waals surface area contributed by atoms with Gasteiger partial charge in [0.25, 0.3) is 0 Å². The average molecular weight is 285 g/mol. The van der Waals surface area contributed by atoms with Crippen molar-refractivity contribution in [3.05, 3.63) is 41.7 Å². The van der Waals surface area contributed by atoms with Crippen LogP contribution in [0.3, 0.4) is 0 Å². The number of aromatic nitrogens is 3. The van der Waals surface area contributed by atoms with Crippen molar-refractivity contribution in [2.24, 2.45) is 0 Å². The number of benzene rings is 1. The zero-order valence-electron chi connectivity index (χ0n) is 12.1. The molecule has 6 nitrogen and oxygen atoms in total. The van der Waals surface area contributed by atoms with Crippen LogP contribution in [-0.2, 0) is 17.9 Å². The van der Waals surface area contributed by atoms with E-state index in [4.69, 9.17) is 5.73 Å². The van der Waals surface area contributed by atoms with E-state index in [1.54, 1.807) is 0 Å². The highest BCUT2D eigenvalue weighted by Gasteiger charge is 2.32. The van der Waals surface area contributed by atoms with Gasteiger partial charge >= 0.3 is 0 Å². The number of carbonyl (C=O) groups is 1. The number of aryl methyl sites for hydroxylation is 1. The lowest BCUT2D eigenvalue weighted by Crippen LogP contribution is -2.35. The molecule has 1 saturated carbocycles. The van der Waals surface area contributed by atoms with Gasteiger partial charge in [-0.1, -0.05) is 29.8 Å². The molecular formula is C15H19N5O. The molecule has 2 aromatic rings. The van der Waals surface area contributed by atoms with Crippen LogP contribution < -0.4 is 5.73 Å². The molecule has 1 aliphatic carbocycles. The highest BCUT2D eigenvalue weighted by atomic mass is 16.2. The number of nitrogens with two attached hydrogens (primary N) is 1. The zero-order valence-corrected chi connectivity index (χ0v) is 12.1. The maximum absolute atomic E-state index is 12.5. The van der Waals surface area contributed by atoms with Crippen LogP contribution in [0.25, 0.3) is 0 Å². The number of nitrogen functional groups attached to an aromatic ring is 1. The Balaban J connectivity index is 1.69. The van der Waals surface area contributed by atoms with E-state index in [9.17, 15) is 4.79 Å². The van der Waals surface area contributed by atoms with E-state index in [1.165, 1.54) is 16.6 Å². The average Bonchev–Trinajstić information content (AvgIpc) is 3.21. The normalized spacial score (nSPS) is 14.1. The molecule has 1 fully saturated rings. The summed E-state index contributed by atoms with van der Waals surface area (Å²) in [4.78, 5) is 18.2. The Morgan fingerprint density at radius 2 is 2.10 bits per heavy atom. The molecule has 0 unspecified atom stereocenters. The van der Waals surface area contributed by atoms with Crippen molar-refractivity contribution in [3.8, 4) is 0 Å². The second kappa shape index (κ2) is 5.55. The molecule has 1 heterocycles. The van der Waals surface area contributed by atoms with Gasteiger partial charge in [0.2, 0.25) is 11.9 Å². The number of nitrogens with zero attached hydrogens (tertiary/aromatic N) is 4. The van der Waals surface area contributed by atoms with Crippen LogP contribution in [0, 0.1) is 6.92 Å². The third-order valence-electron chi connectivity index (χ3n) is 3.63. The topological polar surface area (TPSA) is 77.0 Å². The molecule has 1 aromatic heterocycles. The van der Waals surface area contributed by atoms with E-state index in [2.05, 4.69) is 41.3 Å². The number of amides is 1. The number of carbonyl (C=O) groups excluding carboxylic acids is 1. The number of hydrogen-bond acceptors (Lipinski definition) is 4. The Morgan fingerprint density at radius 1 is 1.38 bits per heavy atom. The fourth-order valence-electron chi connectivity index (χ4n) is 2.31. The fraction of sp³-hybridized carbons (Fsp3) is 0.400. The smallest absolute Gasteiger partial charge is 0.244 e. The van der Waals surface area contributed by atoms with Crippen molar-refractivity contribution < 1.29 is 4.79 Å². The van der Waals surface area contributed by atoms with Crippen molar-refractivity contribution in [1.82, 2.24) is 19.7 Å². The maximum Gasteiger partial charge on any atom is 0.244 e. The van der Waals surface area contributed by atoms with Crippen molar-refractivity contribution in [2.75, 3.05) is 5.73 Å². The van der Waals surface area contributed by atoms with Gasteiger partial charge in [-0.3, -0.25) is 4.79 Å². The molecule has 0 spiro atoms. The number of anilines is 1. The van der Waals surface area contributed by atoms with E-state index in [0.29, 0.717) is 12.6 Å². The van der Waals surface area contributed by atoms with E-state index in [-0.39, 0.29) is 18.4 Å². The third-order valence-corrected chi connectivity index (χ3v) is 3.63. The van der Waals surface area contributed by atoms with Crippen LogP contribution in [0.1, 0.15) is 24.0 Å². The largest absolute Gasteiger partial charge is 0.367 e. The fourth-order valence-corrected chi connectivity index (χ4v) is 2.31. The first-order chi connectivity index (χ1) is 10.1. The van der Waals surface area contributed by atoms with Crippen LogP contribution in [0.15, 0.2) is 30.6 Å². The molecule has 2 N–H and O–H groups in total. The minimum absolute atomic E-state index is 0.0583. The first-order valence-electron chi connectivity index (χ1n) is 7.12. The van der Waals surface area contributed by atoms with Gasteiger partial charge in [-0.05, 0) is 25.3 Å². The number of rotatable bonds is 5. The lowest BCUT2D eigenvalue weighted by molar-refractivity contribution is -0.133. The van der Waals surface area contributed by atoms with Crippen LogP contribution in [-0.4, -0.2) is 31.6 Å². The molecule has 0 saturated heterocycles. The highest BCUT2D eigenvalue weighted by molar-refractivity contribution is 5.76. The summed E-state index contributed by atoms with van der Waals surface area (Å²) < 4.78 is 1.49. The highest BCUT2D eigenvalue weighted by Crippen LogP contribution is 2.28. The Kier molecular flexibility index (Phi) is 3.60. The zero-order chi connectivity index (χ0) is 14.8. The molecule has 3 rings (SSSR count). The van der Waals surface area contributed by atoms with Crippen molar-refractivity contribution in [3.63, 3.8) is 0 Å². The molecule has 0 radical (unpaired) electrons. The molecule has 0 aliphatic heterocycles. The summed E-state index contributed by atoms with van der Waals surface area (Å²) in [5.74, 6) is 0.252. The number of hydrogen-bond donors (Lipinski definition) is 1. The first kappa shape index (κ1) is 13.6. The third kappa shape index (κ3) is 3.39. The minimum atomic E-state index is 0.0583. The summed E-state index contributed by atoms with van der Waals surface area (Å²) in [6.45, 7) is 2.89. The van der Waals surface area contributed by atoms with Gasteiger partial charge in [0.1, 0.15) is 12.9 Å². The molecule has 1 aliphatic rings. The van der Waals surface area contributed by atoms with Gasteiger partial charge in [-0.15, -0.1) is 5.10 Å². The van der Waals surface area contributed by atoms with E-state index in [0.717, 1.165) is 18.4 Å². The van der Waals surface area contributed by atoms with Crippen molar-refractivity contribution in [2.45, 2.75) is 38.9 Å². The predicted molar refractivity (Wildman–Crippen MR) is 79.2 cm³/mol. The second-order valence-corrected chi connectivity index (χ2v) is 5.54. The van der Waals surface area contributed by atoms with E-state index < -0.39 is 0 Å². The Labute approximate surface area is 123 Å². The van der Waals surface area contributed by atoms with Crippen LogP contribution in [0.4, 0.5) is 5.95 Å². The van der Waals surface area contributed by atoms with Crippen molar-refractivity contribution in [1.29, 1.82) is 0 Å². The lowest BCUT2D eigenvalue weighted by Gasteiger charge is -2.22.